The van der Waals surface area contributed by atoms with Gasteiger partial charge >= 0.3 is 0 Å². The molecule has 2 rings (SSSR count). The zero-order chi connectivity index (χ0) is 16.3. The molecule has 1 aliphatic heterocycles. The molecular formula is C15H22N4O3. The third-order valence-corrected chi connectivity index (χ3v) is 4.05. The van der Waals surface area contributed by atoms with E-state index in [1.165, 1.54) is 17.0 Å². The fourth-order valence-corrected chi connectivity index (χ4v) is 2.53. The number of aromatic nitrogens is 2. The molecular weight excluding hydrogens is 284 g/mol. The van der Waals surface area contributed by atoms with Gasteiger partial charge in [-0.3, -0.25) is 19.0 Å². The summed E-state index contributed by atoms with van der Waals surface area (Å²) in [5, 5.41) is 0. The lowest BCUT2D eigenvalue weighted by atomic mass is 9.96. The van der Waals surface area contributed by atoms with Gasteiger partial charge in [0, 0.05) is 25.1 Å². The molecule has 1 aromatic heterocycles. The van der Waals surface area contributed by atoms with Gasteiger partial charge in [0.2, 0.25) is 11.8 Å². The summed E-state index contributed by atoms with van der Waals surface area (Å²) in [6.45, 7) is 4.89. The number of nitrogens with zero attached hydrogens (tertiary/aromatic N) is 3. The van der Waals surface area contributed by atoms with E-state index in [2.05, 4.69) is 4.98 Å². The minimum absolute atomic E-state index is 0.0224. The number of hydrogen-bond acceptors (Lipinski definition) is 4. The van der Waals surface area contributed by atoms with Crippen molar-refractivity contribution in [2.24, 2.45) is 11.7 Å². The van der Waals surface area contributed by atoms with Crippen LogP contribution >= 0.6 is 0 Å². The van der Waals surface area contributed by atoms with E-state index in [1.807, 2.05) is 13.8 Å². The number of primary amides is 1. The van der Waals surface area contributed by atoms with E-state index in [-0.39, 0.29) is 35.8 Å². The average molecular weight is 306 g/mol. The van der Waals surface area contributed by atoms with Crippen molar-refractivity contribution in [1.29, 1.82) is 0 Å². The van der Waals surface area contributed by atoms with Crippen molar-refractivity contribution in [3.63, 3.8) is 0 Å². The van der Waals surface area contributed by atoms with Crippen molar-refractivity contribution in [2.75, 3.05) is 13.1 Å². The molecule has 1 aliphatic rings. The van der Waals surface area contributed by atoms with E-state index >= 15 is 0 Å². The summed E-state index contributed by atoms with van der Waals surface area (Å²) in [7, 11) is 0. The molecule has 7 nitrogen and oxygen atoms in total. The maximum Gasteiger partial charge on any atom is 0.254 e. The van der Waals surface area contributed by atoms with Crippen LogP contribution in [-0.2, 0) is 16.1 Å². The van der Waals surface area contributed by atoms with Gasteiger partial charge in [0.05, 0.1) is 12.0 Å². The highest BCUT2D eigenvalue weighted by Crippen LogP contribution is 2.16. The largest absolute Gasteiger partial charge is 0.369 e. The number of likely N-dealkylation sites (tertiary alicyclic amines) is 1. The van der Waals surface area contributed by atoms with Crippen LogP contribution in [0.3, 0.4) is 0 Å². The molecule has 0 bridgehead atoms. The minimum atomic E-state index is -0.309. The first kappa shape index (κ1) is 16.2. The Labute approximate surface area is 129 Å². The van der Waals surface area contributed by atoms with Crippen LogP contribution in [0, 0.1) is 5.92 Å². The molecule has 0 saturated carbocycles. The van der Waals surface area contributed by atoms with E-state index in [4.69, 9.17) is 5.73 Å². The molecule has 0 aliphatic carbocycles. The van der Waals surface area contributed by atoms with Crippen molar-refractivity contribution >= 4 is 11.8 Å². The van der Waals surface area contributed by atoms with Crippen LogP contribution in [0.25, 0.3) is 0 Å². The fraction of sp³-hybridized carbons (Fsp3) is 0.600. The Balaban J connectivity index is 1.98. The van der Waals surface area contributed by atoms with Crippen LogP contribution in [-0.4, -0.2) is 39.4 Å². The van der Waals surface area contributed by atoms with Crippen LogP contribution < -0.4 is 11.3 Å². The van der Waals surface area contributed by atoms with Crippen molar-refractivity contribution in [3.05, 3.63) is 28.4 Å². The lowest BCUT2D eigenvalue weighted by Gasteiger charge is -2.30. The molecule has 7 heteroatoms. The third kappa shape index (κ3) is 3.72. The molecule has 120 valence electrons. The molecule has 2 amide bonds. The summed E-state index contributed by atoms with van der Waals surface area (Å²) in [5.74, 6) is -0.425. The summed E-state index contributed by atoms with van der Waals surface area (Å²) in [4.78, 5) is 41.2. The summed E-state index contributed by atoms with van der Waals surface area (Å²) in [5.41, 5.74) is 5.77. The highest BCUT2D eigenvalue weighted by molar-refractivity contribution is 5.78. The van der Waals surface area contributed by atoms with Gasteiger partial charge < -0.3 is 10.6 Å². The second-order valence-electron chi connectivity index (χ2n) is 5.99. The zero-order valence-corrected chi connectivity index (χ0v) is 13.0. The van der Waals surface area contributed by atoms with E-state index in [9.17, 15) is 14.4 Å². The second kappa shape index (κ2) is 6.72. The Hall–Kier alpha value is -2.18. The Morgan fingerprint density at radius 3 is 2.50 bits per heavy atom. The Bertz CT molecular complexity index is 615. The van der Waals surface area contributed by atoms with Gasteiger partial charge in [-0.15, -0.1) is 0 Å². The van der Waals surface area contributed by atoms with Crippen molar-refractivity contribution in [2.45, 2.75) is 39.2 Å². The number of nitrogens with two attached hydrogens (primary N) is 1. The smallest absolute Gasteiger partial charge is 0.254 e. The minimum Gasteiger partial charge on any atom is -0.369 e. The number of amides is 2. The second-order valence-corrected chi connectivity index (χ2v) is 5.99. The van der Waals surface area contributed by atoms with E-state index in [0.717, 1.165) is 5.69 Å². The van der Waals surface area contributed by atoms with E-state index < -0.39 is 0 Å². The Kier molecular flexibility index (Phi) is 4.95. The Morgan fingerprint density at radius 1 is 1.36 bits per heavy atom. The molecule has 0 spiro atoms. The number of rotatable bonds is 4. The number of piperidine rings is 1. The van der Waals surface area contributed by atoms with Crippen LogP contribution in [0.4, 0.5) is 0 Å². The molecule has 0 unspecified atom stereocenters. The first-order valence-corrected chi connectivity index (χ1v) is 7.52. The van der Waals surface area contributed by atoms with Crippen LogP contribution in [0.2, 0.25) is 0 Å². The monoisotopic (exact) mass is 306 g/mol. The average Bonchev–Trinajstić information content (AvgIpc) is 2.49. The fourth-order valence-electron chi connectivity index (χ4n) is 2.53. The number of carbonyl (C=O) groups is 2. The highest BCUT2D eigenvalue weighted by atomic mass is 16.2. The summed E-state index contributed by atoms with van der Waals surface area (Å²) < 4.78 is 1.31. The molecule has 0 radical (unpaired) electrons. The number of carbonyl (C=O) groups excluding carboxylic acids is 2. The van der Waals surface area contributed by atoms with E-state index in [0.29, 0.717) is 25.9 Å². The van der Waals surface area contributed by atoms with Gasteiger partial charge in [-0.2, -0.15) is 0 Å². The third-order valence-electron chi connectivity index (χ3n) is 4.05. The first-order valence-electron chi connectivity index (χ1n) is 7.52. The van der Waals surface area contributed by atoms with Gasteiger partial charge in [-0.1, -0.05) is 13.8 Å². The molecule has 0 atom stereocenters. The molecule has 1 aromatic rings. The SMILES string of the molecule is CC(C)c1cc(=O)n(CC(=O)N2CCC(C(N)=O)CC2)cn1. The number of hydrogen-bond donors (Lipinski definition) is 1. The molecule has 1 fully saturated rings. The van der Waals surface area contributed by atoms with Gasteiger partial charge in [-0.05, 0) is 18.8 Å². The quantitative estimate of drug-likeness (QED) is 0.852. The Morgan fingerprint density at radius 2 is 2.00 bits per heavy atom. The molecule has 22 heavy (non-hydrogen) atoms. The zero-order valence-electron chi connectivity index (χ0n) is 13.0. The van der Waals surface area contributed by atoms with Crippen LogP contribution in [0.1, 0.15) is 38.3 Å². The van der Waals surface area contributed by atoms with Gasteiger partial charge in [0.1, 0.15) is 6.54 Å². The molecule has 0 aromatic carbocycles. The first-order chi connectivity index (χ1) is 10.4. The van der Waals surface area contributed by atoms with Gasteiger partial charge in [0.15, 0.2) is 0 Å². The molecule has 2 heterocycles. The lowest BCUT2D eigenvalue weighted by molar-refractivity contribution is -0.135. The van der Waals surface area contributed by atoms with Gasteiger partial charge in [0.25, 0.3) is 5.56 Å². The van der Waals surface area contributed by atoms with E-state index in [1.54, 1.807) is 4.90 Å². The predicted molar refractivity (Wildman–Crippen MR) is 81.1 cm³/mol. The summed E-state index contributed by atoms with van der Waals surface area (Å²) >= 11 is 0. The highest BCUT2D eigenvalue weighted by Gasteiger charge is 2.26. The maximum atomic E-state index is 12.2. The summed E-state index contributed by atoms with van der Waals surface area (Å²) in [6.07, 6.45) is 2.59. The van der Waals surface area contributed by atoms with Crippen molar-refractivity contribution < 1.29 is 9.59 Å². The van der Waals surface area contributed by atoms with Crippen LogP contribution in [0.5, 0.6) is 0 Å². The maximum absolute atomic E-state index is 12.2. The van der Waals surface area contributed by atoms with Crippen molar-refractivity contribution in [3.8, 4) is 0 Å². The summed E-state index contributed by atoms with van der Waals surface area (Å²) in [6, 6.07) is 1.47. The predicted octanol–water partition coefficient (Wildman–Crippen LogP) is 0.0906. The normalized spacial score (nSPS) is 16.0. The molecule has 1 saturated heterocycles. The standard InChI is InChI=1S/C15H22N4O3/c1-10(2)12-7-13(20)19(9-17-12)8-14(21)18-5-3-11(4-6-18)15(16)22/h7,9-11H,3-6,8H2,1-2H3,(H2,16,22). The molecule has 2 N–H and O–H groups in total. The topological polar surface area (TPSA) is 98.3 Å². The van der Waals surface area contributed by atoms with Gasteiger partial charge in [-0.25, -0.2) is 4.98 Å². The van der Waals surface area contributed by atoms with Crippen molar-refractivity contribution in [1.82, 2.24) is 14.5 Å². The van der Waals surface area contributed by atoms with Crippen LogP contribution in [0.15, 0.2) is 17.2 Å². The lowest BCUT2D eigenvalue weighted by Crippen LogP contribution is -2.43.